The maximum Gasteiger partial charge on any atom is 0.0461 e. The van der Waals surface area contributed by atoms with E-state index in [2.05, 4.69) is 22.2 Å². The van der Waals surface area contributed by atoms with Crippen LogP contribution in [0.1, 0.15) is 0 Å². The molecular weight excluding hydrogens is 148 g/mol. The first-order valence-electron chi connectivity index (χ1n) is 3.61. The first kappa shape index (κ1) is 6.81. The van der Waals surface area contributed by atoms with Crippen molar-refractivity contribution in [2.45, 2.75) is 0 Å². The highest BCUT2D eigenvalue weighted by Crippen LogP contribution is 2.13. The predicted octanol–water partition coefficient (Wildman–Crippen LogP) is 1.74. The van der Waals surface area contributed by atoms with Crippen LogP contribution < -0.4 is 0 Å². The summed E-state index contributed by atoms with van der Waals surface area (Å²) in [6.07, 6.45) is 7.89. The van der Waals surface area contributed by atoms with E-state index in [-0.39, 0.29) is 0 Å². The van der Waals surface area contributed by atoms with Crippen molar-refractivity contribution in [3.05, 3.63) is 49.1 Å². The summed E-state index contributed by atoms with van der Waals surface area (Å²) in [6, 6.07) is 8.51. The standard InChI is InChI=1S/C10H6N2/c1-3-9(7-11-5-1)10-4-2-6-12-8-10/h1,3-5,7-8H. The lowest BCUT2D eigenvalue weighted by Gasteiger charge is -1.95. The van der Waals surface area contributed by atoms with E-state index in [0.717, 1.165) is 11.1 Å². The van der Waals surface area contributed by atoms with Crippen molar-refractivity contribution in [3.8, 4) is 11.1 Å². The second-order valence-corrected chi connectivity index (χ2v) is 2.36. The molecule has 0 saturated heterocycles. The Labute approximate surface area is 70.9 Å². The molecule has 0 fully saturated rings. The fraction of sp³-hybridized carbons (Fsp3) is 0. The van der Waals surface area contributed by atoms with Crippen LogP contribution in [0.4, 0.5) is 0 Å². The van der Waals surface area contributed by atoms with Gasteiger partial charge < -0.3 is 0 Å². The maximum absolute atomic E-state index is 4.01. The lowest BCUT2D eigenvalue weighted by Crippen LogP contribution is -1.77. The molecule has 2 aromatic heterocycles. The van der Waals surface area contributed by atoms with Gasteiger partial charge in [-0.3, -0.25) is 4.98 Å². The van der Waals surface area contributed by atoms with Crippen LogP contribution in [0.2, 0.25) is 0 Å². The third-order valence-corrected chi connectivity index (χ3v) is 1.56. The maximum atomic E-state index is 4.01. The van der Waals surface area contributed by atoms with Crippen molar-refractivity contribution < 1.29 is 0 Å². The normalized spacial score (nSPS) is 9.00. The molecule has 2 aromatic rings. The van der Waals surface area contributed by atoms with Crippen LogP contribution >= 0.6 is 0 Å². The Morgan fingerprint density at radius 3 is 2.83 bits per heavy atom. The van der Waals surface area contributed by atoms with Crippen LogP contribution in [0.25, 0.3) is 11.1 Å². The van der Waals surface area contributed by atoms with Crippen molar-refractivity contribution in [1.82, 2.24) is 9.97 Å². The molecular formula is C10H6N2. The molecule has 12 heavy (non-hydrogen) atoms. The molecule has 0 atom stereocenters. The smallest absolute Gasteiger partial charge is 0.0461 e. The second-order valence-electron chi connectivity index (χ2n) is 2.36. The van der Waals surface area contributed by atoms with Crippen LogP contribution in [0.15, 0.2) is 36.8 Å². The highest BCUT2D eigenvalue weighted by atomic mass is 14.6. The zero-order valence-corrected chi connectivity index (χ0v) is 6.36. The highest BCUT2D eigenvalue weighted by Gasteiger charge is 1.93. The quantitative estimate of drug-likeness (QED) is 0.625. The average Bonchev–Trinajstić information content (AvgIpc) is 2.21. The molecule has 2 rings (SSSR count). The molecule has 0 saturated carbocycles. The Morgan fingerprint density at radius 2 is 2.17 bits per heavy atom. The van der Waals surface area contributed by atoms with E-state index in [1.54, 1.807) is 18.6 Å². The van der Waals surface area contributed by atoms with Gasteiger partial charge in [0.2, 0.25) is 0 Å². The fourth-order valence-electron chi connectivity index (χ4n) is 0.978. The zero-order valence-electron chi connectivity index (χ0n) is 6.36. The van der Waals surface area contributed by atoms with E-state index in [4.69, 9.17) is 0 Å². The highest BCUT2D eigenvalue weighted by molar-refractivity contribution is 5.60. The van der Waals surface area contributed by atoms with Crippen LogP contribution in [0, 0.1) is 12.3 Å². The van der Waals surface area contributed by atoms with Gasteiger partial charge in [0.1, 0.15) is 0 Å². The Balaban J connectivity index is 2.46. The molecule has 0 amide bonds. The van der Waals surface area contributed by atoms with Crippen molar-refractivity contribution in [2.24, 2.45) is 0 Å². The molecule has 56 valence electrons. The minimum atomic E-state index is 1.02. The summed E-state index contributed by atoms with van der Waals surface area (Å²) in [5, 5.41) is 0. The fourth-order valence-corrected chi connectivity index (χ4v) is 0.978. The number of nitrogens with zero attached hydrogens (tertiary/aromatic N) is 2. The van der Waals surface area contributed by atoms with E-state index < -0.39 is 0 Å². The van der Waals surface area contributed by atoms with Crippen LogP contribution in [-0.4, -0.2) is 9.97 Å². The molecule has 2 nitrogen and oxygen atoms in total. The number of hydrogen-bond acceptors (Lipinski definition) is 2. The Kier molecular flexibility index (Phi) is 1.71. The largest absolute Gasteiger partial charge is 0.264 e. The van der Waals surface area contributed by atoms with E-state index in [1.807, 2.05) is 18.2 Å². The van der Waals surface area contributed by atoms with Gasteiger partial charge in [0, 0.05) is 35.9 Å². The summed E-state index contributed by atoms with van der Waals surface area (Å²) in [4.78, 5) is 7.86. The molecule has 0 bridgehead atoms. The number of hydrogen-bond donors (Lipinski definition) is 0. The molecule has 0 N–H and O–H groups in total. The van der Waals surface area contributed by atoms with Crippen LogP contribution in [0.5, 0.6) is 0 Å². The Morgan fingerprint density at radius 1 is 1.17 bits per heavy atom. The second kappa shape index (κ2) is 3.02. The third kappa shape index (κ3) is 1.25. The van der Waals surface area contributed by atoms with Gasteiger partial charge in [-0.05, 0) is 18.2 Å². The summed E-state index contributed by atoms with van der Waals surface area (Å²) < 4.78 is 0. The van der Waals surface area contributed by atoms with Crippen molar-refractivity contribution in [3.63, 3.8) is 0 Å². The summed E-state index contributed by atoms with van der Waals surface area (Å²) in [7, 11) is 0. The molecule has 0 spiro atoms. The van der Waals surface area contributed by atoms with E-state index >= 15 is 0 Å². The zero-order chi connectivity index (χ0) is 8.23. The number of aromatic nitrogens is 2. The summed E-state index contributed by atoms with van der Waals surface area (Å²) in [5.41, 5.74) is 2.07. The Hall–Kier alpha value is -1.88. The first-order chi connectivity index (χ1) is 5.97. The van der Waals surface area contributed by atoms with Gasteiger partial charge in [-0.2, -0.15) is 0 Å². The SMILES string of the molecule is c1cc(-c2cccnc2)cnc#1. The van der Waals surface area contributed by atoms with Crippen LogP contribution in [0.3, 0.4) is 0 Å². The molecule has 0 unspecified atom stereocenters. The minimum absolute atomic E-state index is 1.02. The van der Waals surface area contributed by atoms with Crippen molar-refractivity contribution in [1.29, 1.82) is 0 Å². The number of pyridine rings is 1. The first-order valence-corrected chi connectivity index (χ1v) is 3.61. The predicted molar refractivity (Wildman–Crippen MR) is 45.1 cm³/mol. The summed E-state index contributed by atoms with van der Waals surface area (Å²) in [6.45, 7) is 0. The summed E-state index contributed by atoms with van der Waals surface area (Å²) >= 11 is 0. The lowest BCUT2D eigenvalue weighted by atomic mass is 10.1. The lowest BCUT2D eigenvalue weighted by molar-refractivity contribution is 1.31. The van der Waals surface area contributed by atoms with Crippen LogP contribution in [-0.2, 0) is 0 Å². The van der Waals surface area contributed by atoms with Gasteiger partial charge in [-0.15, -0.1) is 0 Å². The number of rotatable bonds is 1. The Bertz CT molecular complexity index is 305. The topological polar surface area (TPSA) is 25.8 Å². The molecule has 2 heteroatoms. The van der Waals surface area contributed by atoms with E-state index in [1.165, 1.54) is 0 Å². The third-order valence-electron chi connectivity index (χ3n) is 1.56. The van der Waals surface area contributed by atoms with Crippen molar-refractivity contribution >= 4 is 0 Å². The van der Waals surface area contributed by atoms with E-state index in [0.29, 0.717) is 0 Å². The average molecular weight is 154 g/mol. The molecule has 0 aliphatic carbocycles. The van der Waals surface area contributed by atoms with Gasteiger partial charge in [-0.1, -0.05) is 6.07 Å². The monoisotopic (exact) mass is 154 g/mol. The van der Waals surface area contributed by atoms with E-state index in [9.17, 15) is 0 Å². The molecule has 0 aliphatic heterocycles. The molecule has 0 aromatic carbocycles. The van der Waals surface area contributed by atoms with Gasteiger partial charge in [0.25, 0.3) is 0 Å². The molecule has 0 aliphatic rings. The summed E-state index contributed by atoms with van der Waals surface area (Å²) in [5.74, 6) is 0. The molecule has 2 heterocycles. The van der Waals surface area contributed by atoms with Gasteiger partial charge >= 0.3 is 0 Å². The van der Waals surface area contributed by atoms with Gasteiger partial charge in [0.15, 0.2) is 0 Å². The molecule has 0 radical (unpaired) electrons. The van der Waals surface area contributed by atoms with Gasteiger partial charge in [0.05, 0.1) is 0 Å². The van der Waals surface area contributed by atoms with Gasteiger partial charge in [-0.25, -0.2) is 4.98 Å². The minimum Gasteiger partial charge on any atom is -0.264 e. The van der Waals surface area contributed by atoms with Crippen molar-refractivity contribution in [2.75, 3.05) is 0 Å².